The predicted molar refractivity (Wildman–Crippen MR) is 99.0 cm³/mol. The number of likely N-dealkylation sites (tertiary alicyclic amines) is 1. The van der Waals surface area contributed by atoms with E-state index in [-0.39, 0.29) is 5.75 Å². The number of hydrogen-bond acceptors (Lipinski definition) is 3. The Balaban J connectivity index is 1.82. The second-order valence-corrected chi connectivity index (χ2v) is 8.92. The summed E-state index contributed by atoms with van der Waals surface area (Å²) in [6, 6.07) is 8.64. The topological polar surface area (TPSA) is 61.8 Å². The van der Waals surface area contributed by atoms with Gasteiger partial charge in [-0.15, -0.1) is 0 Å². The van der Waals surface area contributed by atoms with Gasteiger partial charge in [-0.1, -0.05) is 32.0 Å². The molecule has 6 heteroatoms. The monoisotopic (exact) mass is 351 g/mol. The minimum absolute atomic E-state index is 0.147. The summed E-state index contributed by atoms with van der Waals surface area (Å²) in [6.45, 7) is 7.15. The number of sulfone groups is 1. The Labute approximate surface area is 146 Å². The third-order valence-corrected chi connectivity index (χ3v) is 6.17. The molecule has 134 valence electrons. The number of aliphatic imine (C=N–C) groups is 1. The van der Waals surface area contributed by atoms with Gasteiger partial charge >= 0.3 is 0 Å². The van der Waals surface area contributed by atoms with E-state index < -0.39 is 9.84 Å². The summed E-state index contributed by atoms with van der Waals surface area (Å²) in [5.74, 6) is 2.34. The van der Waals surface area contributed by atoms with Crippen LogP contribution < -0.4 is 5.32 Å². The van der Waals surface area contributed by atoms with E-state index in [1.54, 1.807) is 31.3 Å². The van der Waals surface area contributed by atoms with Crippen LogP contribution >= 0.6 is 0 Å². The Hall–Kier alpha value is -1.56. The number of hydrogen-bond donors (Lipinski definition) is 1. The predicted octanol–water partition coefficient (Wildman–Crippen LogP) is 2.40. The maximum atomic E-state index is 12.3. The van der Waals surface area contributed by atoms with Gasteiger partial charge in [-0.2, -0.15) is 0 Å². The first kappa shape index (κ1) is 18.8. The molecule has 1 N–H and O–H groups in total. The van der Waals surface area contributed by atoms with Gasteiger partial charge in [0.15, 0.2) is 15.8 Å². The third-order valence-electron chi connectivity index (χ3n) is 4.36. The van der Waals surface area contributed by atoms with Crippen LogP contribution in [0.5, 0.6) is 0 Å². The maximum absolute atomic E-state index is 12.3. The summed E-state index contributed by atoms with van der Waals surface area (Å²) < 4.78 is 24.5. The van der Waals surface area contributed by atoms with Crippen molar-refractivity contribution < 1.29 is 8.42 Å². The Morgan fingerprint density at radius 3 is 2.42 bits per heavy atom. The molecule has 0 amide bonds. The highest BCUT2D eigenvalue weighted by molar-refractivity contribution is 7.91. The van der Waals surface area contributed by atoms with Crippen molar-refractivity contribution >= 4 is 15.8 Å². The molecule has 1 aromatic carbocycles. The molecule has 1 fully saturated rings. The Kier molecular flexibility index (Phi) is 6.66. The molecule has 0 aliphatic carbocycles. The van der Waals surface area contributed by atoms with Crippen molar-refractivity contribution in [2.75, 3.05) is 32.4 Å². The SMILES string of the molecule is CN=C(NCCCS(=O)(=O)c1ccccc1)N1CC(C)CC(C)C1. The van der Waals surface area contributed by atoms with Crippen LogP contribution in [0.2, 0.25) is 0 Å². The Bertz CT molecular complexity index is 633. The normalized spacial score (nSPS) is 22.5. The van der Waals surface area contributed by atoms with E-state index in [0.29, 0.717) is 29.7 Å². The van der Waals surface area contributed by atoms with Gasteiger partial charge in [-0.3, -0.25) is 4.99 Å². The molecule has 1 aromatic rings. The van der Waals surface area contributed by atoms with Crippen LogP contribution in [0.3, 0.4) is 0 Å². The zero-order valence-electron chi connectivity index (χ0n) is 14.9. The highest BCUT2D eigenvalue weighted by Crippen LogP contribution is 2.20. The smallest absolute Gasteiger partial charge is 0.193 e. The molecule has 2 atom stereocenters. The third kappa shape index (κ3) is 5.23. The first-order chi connectivity index (χ1) is 11.4. The van der Waals surface area contributed by atoms with Crippen LogP contribution in [-0.2, 0) is 9.84 Å². The van der Waals surface area contributed by atoms with Gasteiger partial charge in [0.1, 0.15) is 0 Å². The van der Waals surface area contributed by atoms with Crippen LogP contribution in [0.4, 0.5) is 0 Å². The van der Waals surface area contributed by atoms with Crippen LogP contribution in [-0.4, -0.2) is 51.7 Å². The van der Waals surface area contributed by atoms with E-state index in [0.717, 1.165) is 19.0 Å². The first-order valence-corrected chi connectivity index (χ1v) is 10.3. The average Bonchev–Trinajstić information content (AvgIpc) is 2.55. The lowest BCUT2D eigenvalue weighted by atomic mass is 9.92. The van der Waals surface area contributed by atoms with E-state index in [1.807, 2.05) is 6.07 Å². The summed E-state index contributed by atoms with van der Waals surface area (Å²) in [6.07, 6.45) is 1.82. The highest BCUT2D eigenvalue weighted by Gasteiger charge is 2.24. The molecule has 0 saturated carbocycles. The molecule has 1 saturated heterocycles. The average molecular weight is 352 g/mol. The molecule has 0 spiro atoms. The van der Waals surface area contributed by atoms with Crippen molar-refractivity contribution in [3.63, 3.8) is 0 Å². The number of nitrogens with zero attached hydrogens (tertiary/aromatic N) is 2. The maximum Gasteiger partial charge on any atom is 0.193 e. The minimum atomic E-state index is -3.20. The van der Waals surface area contributed by atoms with E-state index >= 15 is 0 Å². The van der Waals surface area contributed by atoms with Gasteiger partial charge in [0.25, 0.3) is 0 Å². The van der Waals surface area contributed by atoms with Crippen molar-refractivity contribution in [1.82, 2.24) is 10.2 Å². The fraction of sp³-hybridized carbons (Fsp3) is 0.611. The Morgan fingerprint density at radius 2 is 1.83 bits per heavy atom. The molecule has 0 aromatic heterocycles. The molecule has 1 aliphatic heterocycles. The molecular formula is C18H29N3O2S. The standard InChI is InChI=1S/C18H29N3O2S/c1-15-12-16(2)14-21(13-15)18(19-3)20-10-7-11-24(22,23)17-8-5-4-6-9-17/h4-6,8-9,15-16H,7,10-14H2,1-3H3,(H,19,20). The number of nitrogens with one attached hydrogen (secondary N) is 1. The van der Waals surface area contributed by atoms with Gasteiger partial charge in [0.2, 0.25) is 0 Å². The van der Waals surface area contributed by atoms with Gasteiger partial charge < -0.3 is 10.2 Å². The first-order valence-electron chi connectivity index (χ1n) is 8.65. The van der Waals surface area contributed by atoms with Crippen molar-refractivity contribution in [1.29, 1.82) is 0 Å². The van der Waals surface area contributed by atoms with E-state index in [2.05, 4.69) is 29.1 Å². The number of rotatable bonds is 5. The van der Waals surface area contributed by atoms with Gasteiger partial charge in [-0.05, 0) is 36.8 Å². The number of piperidine rings is 1. The fourth-order valence-corrected chi connectivity index (χ4v) is 4.71. The van der Waals surface area contributed by atoms with Crippen molar-refractivity contribution in [2.24, 2.45) is 16.8 Å². The highest BCUT2D eigenvalue weighted by atomic mass is 32.2. The molecule has 5 nitrogen and oxygen atoms in total. The molecule has 0 bridgehead atoms. The molecule has 1 aliphatic rings. The second kappa shape index (κ2) is 8.51. The van der Waals surface area contributed by atoms with Crippen molar-refractivity contribution in [3.8, 4) is 0 Å². The van der Waals surface area contributed by atoms with E-state index in [1.165, 1.54) is 6.42 Å². The van der Waals surface area contributed by atoms with Crippen LogP contribution in [0, 0.1) is 11.8 Å². The number of guanidine groups is 1. The Morgan fingerprint density at radius 1 is 1.21 bits per heavy atom. The van der Waals surface area contributed by atoms with E-state index in [4.69, 9.17) is 0 Å². The van der Waals surface area contributed by atoms with Crippen LogP contribution in [0.25, 0.3) is 0 Å². The summed E-state index contributed by atoms with van der Waals surface area (Å²) in [5, 5.41) is 3.32. The lowest BCUT2D eigenvalue weighted by Gasteiger charge is -2.37. The second-order valence-electron chi connectivity index (χ2n) is 6.81. The molecular weight excluding hydrogens is 322 g/mol. The van der Waals surface area contributed by atoms with Crippen LogP contribution in [0.1, 0.15) is 26.7 Å². The van der Waals surface area contributed by atoms with Gasteiger partial charge in [-0.25, -0.2) is 8.42 Å². The van der Waals surface area contributed by atoms with E-state index in [9.17, 15) is 8.42 Å². The summed E-state index contributed by atoms with van der Waals surface area (Å²) in [4.78, 5) is 7.03. The van der Waals surface area contributed by atoms with Crippen molar-refractivity contribution in [2.45, 2.75) is 31.6 Å². The molecule has 0 radical (unpaired) electrons. The van der Waals surface area contributed by atoms with Crippen molar-refractivity contribution in [3.05, 3.63) is 30.3 Å². The fourth-order valence-electron chi connectivity index (χ4n) is 3.38. The van der Waals surface area contributed by atoms with Gasteiger partial charge in [0.05, 0.1) is 10.6 Å². The summed E-state index contributed by atoms with van der Waals surface area (Å²) in [5.41, 5.74) is 0. The largest absolute Gasteiger partial charge is 0.356 e. The lowest BCUT2D eigenvalue weighted by Crippen LogP contribution is -2.48. The molecule has 2 unspecified atom stereocenters. The zero-order valence-corrected chi connectivity index (χ0v) is 15.7. The quantitative estimate of drug-likeness (QED) is 0.503. The van der Waals surface area contributed by atoms with Gasteiger partial charge in [0, 0.05) is 26.7 Å². The summed E-state index contributed by atoms with van der Waals surface area (Å²) in [7, 11) is -1.42. The molecule has 24 heavy (non-hydrogen) atoms. The molecule has 2 rings (SSSR count). The lowest BCUT2D eigenvalue weighted by molar-refractivity contribution is 0.208. The minimum Gasteiger partial charge on any atom is -0.356 e. The molecule has 1 heterocycles. The van der Waals surface area contributed by atoms with Crippen LogP contribution in [0.15, 0.2) is 40.2 Å². The zero-order chi connectivity index (χ0) is 17.6. The summed E-state index contributed by atoms with van der Waals surface area (Å²) >= 11 is 0. The number of benzene rings is 1.